The van der Waals surface area contributed by atoms with Gasteiger partial charge >= 0.3 is 0 Å². The van der Waals surface area contributed by atoms with E-state index in [4.69, 9.17) is 0 Å². The van der Waals surface area contributed by atoms with Crippen molar-refractivity contribution in [3.63, 3.8) is 0 Å². The molecule has 1 aliphatic rings. The van der Waals surface area contributed by atoms with Crippen LogP contribution in [0.3, 0.4) is 0 Å². The fourth-order valence-corrected chi connectivity index (χ4v) is 4.77. The van der Waals surface area contributed by atoms with E-state index in [2.05, 4.69) is 10.1 Å². The van der Waals surface area contributed by atoms with Gasteiger partial charge in [0.25, 0.3) is 5.91 Å². The summed E-state index contributed by atoms with van der Waals surface area (Å²) in [5.74, 6) is 0.129. The average molecular weight is 362 g/mol. The van der Waals surface area contributed by atoms with Crippen LogP contribution in [0.5, 0.6) is 0 Å². The molecule has 8 heteroatoms. The Balaban J connectivity index is 1.67. The van der Waals surface area contributed by atoms with Gasteiger partial charge in [-0.2, -0.15) is 5.10 Å². The van der Waals surface area contributed by atoms with E-state index in [9.17, 15) is 13.2 Å². The lowest BCUT2D eigenvalue weighted by Crippen LogP contribution is -2.29. The second-order valence-electron chi connectivity index (χ2n) is 6.50. The normalized spacial score (nSPS) is 19.0. The molecule has 0 radical (unpaired) electrons. The Labute approximate surface area is 147 Å². The number of aromatic nitrogens is 3. The molecule has 1 amide bonds. The van der Waals surface area contributed by atoms with Gasteiger partial charge in [-0.25, -0.2) is 8.42 Å². The highest BCUT2D eigenvalue weighted by Gasteiger charge is 2.31. The maximum atomic E-state index is 12.6. The molecule has 3 rings (SSSR count). The van der Waals surface area contributed by atoms with E-state index < -0.39 is 9.84 Å². The van der Waals surface area contributed by atoms with Gasteiger partial charge in [-0.15, -0.1) is 0 Å². The predicted octanol–water partition coefficient (Wildman–Crippen LogP) is 1.26. The summed E-state index contributed by atoms with van der Waals surface area (Å²) in [5, 5.41) is 4.38. The average Bonchev–Trinajstić information content (AvgIpc) is 3.15. The van der Waals surface area contributed by atoms with Gasteiger partial charge in [-0.05, 0) is 43.5 Å². The molecule has 134 valence electrons. The Bertz CT molecular complexity index is 861. The lowest BCUT2D eigenvalue weighted by molar-refractivity contribution is 0.0789. The van der Waals surface area contributed by atoms with Crippen molar-refractivity contribution in [1.82, 2.24) is 19.7 Å². The second-order valence-corrected chi connectivity index (χ2v) is 8.73. The first-order valence-corrected chi connectivity index (χ1v) is 10.1. The van der Waals surface area contributed by atoms with Crippen molar-refractivity contribution in [2.24, 2.45) is 0 Å². The van der Waals surface area contributed by atoms with Crippen LogP contribution >= 0.6 is 0 Å². The van der Waals surface area contributed by atoms with Crippen molar-refractivity contribution in [2.75, 3.05) is 25.1 Å². The van der Waals surface area contributed by atoms with Gasteiger partial charge in [0.15, 0.2) is 15.5 Å². The summed E-state index contributed by atoms with van der Waals surface area (Å²) in [7, 11) is -1.24. The van der Waals surface area contributed by atoms with E-state index in [1.165, 1.54) is 0 Å². The van der Waals surface area contributed by atoms with Gasteiger partial charge in [0, 0.05) is 31.7 Å². The number of pyridine rings is 1. The Hall–Kier alpha value is -2.22. The molecule has 0 spiro atoms. The SMILES string of the molecule is Cc1cc(C(=O)N(C)CCc2ccncc2)nn1C1CCS(=O)(=O)C1. The third-order valence-corrected chi connectivity index (χ3v) is 6.28. The topological polar surface area (TPSA) is 85.2 Å². The molecule has 1 fully saturated rings. The van der Waals surface area contributed by atoms with Gasteiger partial charge in [0.05, 0.1) is 17.5 Å². The summed E-state index contributed by atoms with van der Waals surface area (Å²) in [6, 6.07) is 5.42. The minimum absolute atomic E-state index is 0.0982. The molecule has 0 bridgehead atoms. The summed E-state index contributed by atoms with van der Waals surface area (Å²) < 4.78 is 25.0. The highest BCUT2D eigenvalue weighted by molar-refractivity contribution is 7.91. The molecular weight excluding hydrogens is 340 g/mol. The number of carbonyl (C=O) groups excluding carboxylic acids is 1. The molecule has 1 aliphatic heterocycles. The largest absolute Gasteiger partial charge is 0.340 e. The van der Waals surface area contributed by atoms with Gasteiger partial charge in [0.1, 0.15) is 0 Å². The highest BCUT2D eigenvalue weighted by Crippen LogP contribution is 2.25. The van der Waals surface area contributed by atoms with Crippen LogP contribution in [0.25, 0.3) is 0 Å². The molecule has 3 heterocycles. The molecule has 2 aromatic rings. The maximum Gasteiger partial charge on any atom is 0.274 e. The molecule has 1 atom stereocenters. The second kappa shape index (κ2) is 6.95. The van der Waals surface area contributed by atoms with Crippen molar-refractivity contribution in [3.05, 3.63) is 47.5 Å². The number of likely N-dealkylation sites (N-methyl/N-ethyl adjacent to an activating group) is 1. The van der Waals surface area contributed by atoms with Crippen LogP contribution in [0.4, 0.5) is 0 Å². The van der Waals surface area contributed by atoms with Crippen molar-refractivity contribution < 1.29 is 13.2 Å². The first-order valence-electron chi connectivity index (χ1n) is 8.27. The zero-order valence-corrected chi connectivity index (χ0v) is 15.2. The van der Waals surface area contributed by atoms with E-state index in [0.29, 0.717) is 18.7 Å². The number of hydrogen-bond donors (Lipinski definition) is 0. The Morgan fingerprint density at radius 2 is 2.08 bits per heavy atom. The monoisotopic (exact) mass is 362 g/mol. The molecule has 0 aromatic carbocycles. The Morgan fingerprint density at radius 1 is 1.36 bits per heavy atom. The molecule has 1 unspecified atom stereocenters. The van der Waals surface area contributed by atoms with E-state index in [1.807, 2.05) is 19.1 Å². The van der Waals surface area contributed by atoms with Crippen molar-refractivity contribution in [2.45, 2.75) is 25.8 Å². The van der Waals surface area contributed by atoms with E-state index in [0.717, 1.165) is 17.7 Å². The van der Waals surface area contributed by atoms with E-state index >= 15 is 0 Å². The number of hydrogen-bond acceptors (Lipinski definition) is 5. The van der Waals surface area contributed by atoms with Crippen LogP contribution in [-0.2, 0) is 16.3 Å². The maximum absolute atomic E-state index is 12.6. The van der Waals surface area contributed by atoms with Crippen LogP contribution in [0.15, 0.2) is 30.6 Å². The number of amides is 1. The van der Waals surface area contributed by atoms with Crippen LogP contribution in [-0.4, -0.2) is 59.1 Å². The fourth-order valence-electron chi connectivity index (χ4n) is 3.07. The zero-order valence-electron chi connectivity index (χ0n) is 14.4. The van der Waals surface area contributed by atoms with E-state index in [-0.39, 0.29) is 23.5 Å². The number of nitrogens with zero attached hydrogens (tertiary/aromatic N) is 4. The van der Waals surface area contributed by atoms with Crippen LogP contribution < -0.4 is 0 Å². The van der Waals surface area contributed by atoms with Gasteiger partial charge in [-0.1, -0.05) is 0 Å². The molecule has 7 nitrogen and oxygen atoms in total. The third kappa shape index (κ3) is 4.07. The number of sulfone groups is 1. The molecule has 0 N–H and O–H groups in total. The summed E-state index contributed by atoms with van der Waals surface area (Å²) in [5.41, 5.74) is 2.29. The Kier molecular flexibility index (Phi) is 4.89. The Morgan fingerprint density at radius 3 is 2.72 bits per heavy atom. The van der Waals surface area contributed by atoms with Crippen LogP contribution in [0.2, 0.25) is 0 Å². The first-order chi connectivity index (χ1) is 11.9. The summed E-state index contributed by atoms with van der Waals surface area (Å²) in [6.45, 7) is 2.43. The lowest BCUT2D eigenvalue weighted by Gasteiger charge is -2.16. The minimum Gasteiger partial charge on any atom is -0.340 e. The van der Waals surface area contributed by atoms with E-state index in [1.54, 1.807) is 35.1 Å². The first kappa shape index (κ1) is 17.6. The highest BCUT2D eigenvalue weighted by atomic mass is 32.2. The quantitative estimate of drug-likeness (QED) is 0.799. The smallest absolute Gasteiger partial charge is 0.274 e. The van der Waals surface area contributed by atoms with Gasteiger partial charge < -0.3 is 4.90 Å². The van der Waals surface area contributed by atoms with Gasteiger partial charge in [0.2, 0.25) is 0 Å². The number of rotatable bonds is 5. The minimum atomic E-state index is -2.99. The predicted molar refractivity (Wildman–Crippen MR) is 94.2 cm³/mol. The zero-order chi connectivity index (χ0) is 18.0. The molecule has 1 saturated heterocycles. The molecular formula is C17H22N4O3S. The number of carbonyl (C=O) groups is 1. The van der Waals surface area contributed by atoms with Crippen LogP contribution in [0.1, 0.15) is 34.2 Å². The van der Waals surface area contributed by atoms with Crippen molar-refractivity contribution >= 4 is 15.7 Å². The molecule has 2 aromatic heterocycles. The molecule has 0 aliphatic carbocycles. The van der Waals surface area contributed by atoms with Gasteiger partial charge in [-0.3, -0.25) is 14.5 Å². The lowest BCUT2D eigenvalue weighted by atomic mass is 10.2. The van der Waals surface area contributed by atoms with Crippen LogP contribution in [0, 0.1) is 6.92 Å². The third-order valence-electron chi connectivity index (χ3n) is 4.53. The summed E-state index contributed by atoms with van der Waals surface area (Å²) >= 11 is 0. The fraction of sp³-hybridized carbons (Fsp3) is 0.471. The molecule has 0 saturated carbocycles. The van der Waals surface area contributed by atoms with Crippen molar-refractivity contribution in [3.8, 4) is 0 Å². The van der Waals surface area contributed by atoms with Crippen molar-refractivity contribution in [1.29, 1.82) is 0 Å². The molecule has 25 heavy (non-hydrogen) atoms. The standard InChI is InChI=1S/C17H22N4O3S/c1-13-11-16(19-21(13)15-6-10-25(23,24)12-15)17(22)20(2)9-5-14-3-7-18-8-4-14/h3-4,7-8,11,15H,5-6,9-10,12H2,1-2H3. The summed E-state index contributed by atoms with van der Waals surface area (Å²) in [4.78, 5) is 18.2. The number of aryl methyl sites for hydroxylation is 1. The summed E-state index contributed by atoms with van der Waals surface area (Å²) in [6.07, 6.45) is 4.76.